The summed E-state index contributed by atoms with van der Waals surface area (Å²) < 4.78 is 19.3. The summed E-state index contributed by atoms with van der Waals surface area (Å²) >= 11 is 7.74. The molecule has 0 unspecified atom stereocenters. The molecule has 0 saturated heterocycles. The Morgan fingerprint density at radius 1 is 1.17 bits per heavy atom. The van der Waals surface area contributed by atoms with Gasteiger partial charge in [0.05, 0.1) is 6.04 Å². The maximum atomic E-state index is 13.6. The van der Waals surface area contributed by atoms with Crippen molar-refractivity contribution in [2.75, 3.05) is 31.6 Å². The summed E-state index contributed by atoms with van der Waals surface area (Å²) in [5, 5.41) is 5.43. The molecule has 1 aliphatic heterocycles. The van der Waals surface area contributed by atoms with Crippen LogP contribution in [0.5, 0.6) is 5.75 Å². The van der Waals surface area contributed by atoms with Gasteiger partial charge in [0.15, 0.2) is 0 Å². The molecule has 2 aliphatic rings. The van der Waals surface area contributed by atoms with Gasteiger partial charge in [0.1, 0.15) is 24.7 Å². The van der Waals surface area contributed by atoms with Crippen molar-refractivity contribution in [3.8, 4) is 5.75 Å². The van der Waals surface area contributed by atoms with Gasteiger partial charge in [-0.1, -0.05) is 17.7 Å². The topological polar surface area (TPSA) is 61.9 Å². The molecule has 1 aromatic heterocycles. The van der Waals surface area contributed by atoms with E-state index in [1.807, 2.05) is 16.3 Å². The molecule has 3 aromatic rings. The molecule has 1 N–H and O–H groups in total. The number of benzene rings is 2. The van der Waals surface area contributed by atoms with E-state index in [0.717, 1.165) is 24.8 Å². The minimum Gasteiger partial charge on any atom is -0.491 e. The van der Waals surface area contributed by atoms with Crippen molar-refractivity contribution in [1.82, 2.24) is 9.80 Å². The Labute approximate surface area is 218 Å². The third-order valence-corrected chi connectivity index (χ3v) is 7.73. The summed E-state index contributed by atoms with van der Waals surface area (Å²) in [5.41, 5.74) is 1.66. The molecule has 2 aromatic carbocycles. The number of nitrogens with one attached hydrogen (secondary N) is 1. The van der Waals surface area contributed by atoms with Crippen LogP contribution in [0, 0.1) is 11.7 Å². The molecule has 1 aliphatic carbocycles. The summed E-state index contributed by atoms with van der Waals surface area (Å²) in [7, 11) is 0. The Kier molecular flexibility index (Phi) is 7.43. The molecule has 1 atom stereocenters. The van der Waals surface area contributed by atoms with E-state index in [1.165, 1.54) is 17.0 Å². The number of thiophene rings is 1. The number of halogens is 2. The number of amides is 3. The van der Waals surface area contributed by atoms with E-state index in [2.05, 4.69) is 5.32 Å². The SMILES string of the molecule is O=C(Nc1cccc(Cl)c1)N(CC(=O)N1CCc2sccc2[C@H]1COc1ccc(F)cc1)CC1CC1. The quantitative estimate of drug-likeness (QED) is 0.391. The number of hydrogen-bond acceptors (Lipinski definition) is 4. The van der Waals surface area contributed by atoms with Crippen LogP contribution in [0.3, 0.4) is 0 Å². The fraction of sp³-hybridized carbons (Fsp3) is 0.333. The predicted molar refractivity (Wildman–Crippen MR) is 139 cm³/mol. The Hall–Kier alpha value is -3.10. The standard InChI is InChI=1S/C27H27ClFN3O3S/c28-19-2-1-3-21(14-19)30-27(34)31(15-18-4-5-18)16-26(33)32-12-10-25-23(11-13-36-25)24(32)17-35-22-8-6-20(29)7-9-22/h1-3,6-9,11,13-14,18,24H,4-5,10,12,15-17H2,(H,30,34)/t24-/m1/s1. The first-order valence-corrected chi connectivity index (χ1v) is 13.3. The first-order valence-electron chi connectivity index (χ1n) is 12.0. The van der Waals surface area contributed by atoms with Crippen LogP contribution < -0.4 is 10.1 Å². The molecular weight excluding hydrogens is 501 g/mol. The van der Waals surface area contributed by atoms with Crippen molar-refractivity contribution in [2.45, 2.75) is 25.3 Å². The molecule has 1 fully saturated rings. The third-order valence-electron chi connectivity index (χ3n) is 6.50. The highest BCUT2D eigenvalue weighted by Gasteiger charge is 2.35. The number of ether oxygens (including phenoxy) is 1. The zero-order valence-corrected chi connectivity index (χ0v) is 21.2. The first kappa shape index (κ1) is 24.6. The number of hydrogen-bond donors (Lipinski definition) is 1. The summed E-state index contributed by atoms with van der Waals surface area (Å²) in [6.07, 6.45) is 2.89. The van der Waals surface area contributed by atoms with E-state index in [-0.39, 0.29) is 36.9 Å². The minimum atomic E-state index is -0.330. The second kappa shape index (κ2) is 10.9. The van der Waals surface area contributed by atoms with Gasteiger partial charge in [-0.3, -0.25) is 4.79 Å². The molecule has 0 radical (unpaired) electrons. The van der Waals surface area contributed by atoms with Gasteiger partial charge in [-0.2, -0.15) is 0 Å². The Morgan fingerprint density at radius 2 is 1.97 bits per heavy atom. The molecule has 188 valence electrons. The second-order valence-electron chi connectivity index (χ2n) is 9.18. The van der Waals surface area contributed by atoms with Gasteiger partial charge >= 0.3 is 6.03 Å². The number of fused-ring (bicyclic) bond motifs is 1. The lowest BCUT2D eigenvalue weighted by atomic mass is 10.0. The lowest BCUT2D eigenvalue weighted by molar-refractivity contribution is -0.135. The Morgan fingerprint density at radius 3 is 2.72 bits per heavy atom. The van der Waals surface area contributed by atoms with Gasteiger partial charge in [0.25, 0.3) is 0 Å². The molecule has 5 rings (SSSR count). The minimum absolute atomic E-state index is 0.0184. The zero-order valence-electron chi connectivity index (χ0n) is 19.7. The maximum Gasteiger partial charge on any atom is 0.322 e. The van der Waals surface area contributed by atoms with E-state index in [0.29, 0.717) is 35.5 Å². The summed E-state index contributed by atoms with van der Waals surface area (Å²) in [6.45, 7) is 1.32. The van der Waals surface area contributed by atoms with E-state index in [4.69, 9.17) is 16.3 Å². The van der Waals surface area contributed by atoms with E-state index >= 15 is 0 Å². The molecule has 3 amide bonds. The van der Waals surface area contributed by atoms with E-state index < -0.39 is 0 Å². The first-order chi connectivity index (χ1) is 17.5. The molecule has 36 heavy (non-hydrogen) atoms. The normalized spacial score (nSPS) is 16.8. The molecular formula is C27H27ClFN3O3S. The van der Waals surface area contributed by atoms with Gasteiger partial charge in [0.2, 0.25) is 5.91 Å². The molecule has 9 heteroatoms. The highest BCUT2D eigenvalue weighted by atomic mass is 35.5. The average Bonchev–Trinajstić information content (AvgIpc) is 3.55. The van der Waals surface area contributed by atoms with E-state index in [9.17, 15) is 14.0 Å². The van der Waals surface area contributed by atoms with Crippen LogP contribution in [-0.2, 0) is 11.2 Å². The number of carbonyl (C=O) groups is 2. The van der Waals surface area contributed by atoms with Crippen molar-refractivity contribution in [3.63, 3.8) is 0 Å². The summed E-state index contributed by atoms with van der Waals surface area (Å²) in [4.78, 5) is 31.4. The van der Waals surface area contributed by atoms with Gasteiger partial charge < -0.3 is 19.9 Å². The average molecular weight is 528 g/mol. The highest BCUT2D eigenvalue weighted by molar-refractivity contribution is 7.10. The maximum absolute atomic E-state index is 13.6. The van der Waals surface area contributed by atoms with Crippen LogP contribution >= 0.6 is 22.9 Å². The second-order valence-corrected chi connectivity index (χ2v) is 10.6. The van der Waals surface area contributed by atoms with Crippen molar-refractivity contribution < 1.29 is 18.7 Å². The third kappa shape index (κ3) is 5.99. The number of anilines is 1. The van der Waals surface area contributed by atoms with Crippen LogP contribution in [0.4, 0.5) is 14.9 Å². The molecule has 1 saturated carbocycles. The van der Waals surface area contributed by atoms with Crippen LogP contribution in [-0.4, -0.2) is 48.0 Å². The summed E-state index contributed by atoms with van der Waals surface area (Å²) in [6, 6.07) is 14.3. The van der Waals surface area contributed by atoms with Crippen molar-refractivity contribution in [1.29, 1.82) is 0 Å². The van der Waals surface area contributed by atoms with Gasteiger partial charge in [-0.15, -0.1) is 11.3 Å². The largest absolute Gasteiger partial charge is 0.491 e. The van der Waals surface area contributed by atoms with Crippen molar-refractivity contribution in [2.24, 2.45) is 5.92 Å². The van der Waals surface area contributed by atoms with Crippen LogP contribution in [0.2, 0.25) is 5.02 Å². The van der Waals surface area contributed by atoms with Gasteiger partial charge in [0, 0.05) is 28.7 Å². The van der Waals surface area contributed by atoms with Crippen molar-refractivity contribution in [3.05, 3.63) is 81.3 Å². The molecule has 0 bridgehead atoms. The number of carbonyl (C=O) groups excluding carboxylic acids is 2. The van der Waals surface area contributed by atoms with Crippen LogP contribution in [0.1, 0.15) is 29.3 Å². The number of urea groups is 1. The number of nitrogens with zero attached hydrogens (tertiary/aromatic N) is 2. The number of rotatable bonds is 8. The fourth-order valence-corrected chi connectivity index (χ4v) is 5.55. The highest BCUT2D eigenvalue weighted by Crippen LogP contribution is 2.35. The lowest BCUT2D eigenvalue weighted by Gasteiger charge is -2.37. The fourth-order valence-electron chi connectivity index (χ4n) is 4.43. The lowest BCUT2D eigenvalue weighted by Crippen LogP contribution is -2.49. The molecule has 6 nitrogen and oxygen atoms in total. The van der Waals surface area contributed by atoms with Crippen LogP contribution in [0.25, 0.3) is 0 Å². The molecule has 0 spiro atoms. The smallest absolute Gasteiger partial charge is 0.322 e. The molecule has 2 heterocycles. The van der Waals surface area contributed by atoms with Gasteiger partial charge in [-0.25, -0.2) is 9.18 Å². The van der Waals surface area contributed by atoms with Crippen LogP contribution in [0.15, 0.2) is 60.0 Å². The monoisotopic (exact) mass is 527 g/mol. The van der Waals surface area contributed by atoms with E-state index in [1.54, 1.807) is 52.6 Å². The predicted octanol–water partition coefficient (Wildman–Crippen LogP) is 5.99. The zero-order chi connectivity index (χ0) is 25.1. The summed E-state index contributed by atoms with van der Waals surface area (Å²) in [5.74, 6) is 0.512. The van der Waals surface area contributed by atoms with Crippen molar-refractivity contribution >= 4 is 40.6 Å². The Balaban J connectivity index is 1.30. The van der Waals surface area contributed by atoms with Gasteiger partial charge in [-0.05, 0) is 84.7 Å². The Bertz CT molecular complexity index is 1230.